The summed E-state index contributed by atoms with van der Waals surface area (Å²) in [6.07, 6.45) is 1.24. The second-order valence-electron chi connectivity index (χ2n) is 5.01. The van der Waals surface area contributed by atoms with Gasteiger partial charge in [-0.3, -0.25) is 0 Å². The van der Waals surface area contributed by atoms with Gasteiger partial charge in [-0.15, -0.1) is 0 Å². The molecule has 0 radical (unpaired) electrons. The molecule has 1 saturated heterocycles. The maximum Gasteiger partial charge on any atom is 0.142 e. The molecule has 3 nitrogen and oxygen atoms in total. The average Bonchev–Trinajstić information content (AvgIpc) is 2.84. The Balaban J connectivity index is 2.17. The van der Waals surface area contributed by atoms with E-state index < -0.39 is 0 Å². The lowest BCUT2D eigenvalue weighted by Crippen LogP contribution is -2.27. The SMILES string of the molecule is COc1cc(C)c(Cl)cc1N(C)CC1CCNC1. The monoisotopic (exact) mass is 268 g/mol. The van der Waals surface area contributed by atoms with E-state index in [1.165, 1.54) is 6.42 Å². The van der Waals surface area contributed by atoms with Gasteiger partial charge in [0.2, 0.25) is 0 Å². The van der Waals surface area contributed by atoms with Crippen molar-refractivity contribution in [3.63, 3.8) is 0 Å². The van der Waals surface area contributed by atoms with Crippen LogP contribution < -0.4 is 15.0 Å². The van der Waals surface area contributed by atoms with Crippen LogP contribution in [0.1, 0.15) is 12.0 Å². The number of methoxy groups -OCH3 is 1. The van der Waals surface area contributed by atoms with E-state index in [-0.39, 0.29) is 0 Å². The van der Waals surface area contributed by atoms with Gasteiger partial charge >= 0.3 is 0 Å². The van der Waals surface area contributed by atoms with Gasteiger partial charge in [-0.2, -0.15) is 0 Å². The van der Waals surface area contributed by atoms with Crippen LogP contribution in [0.25, 0.3) is 0 Å². The molecule has 1 N–H and O–H groups in total. The first-order valence-corrected chi connectivity index (χ1v) is 6.75. The summed E-state index contributed by atoms with van der Waals surface area (Å²) in [5.41, 5.74) is 2.12. The van der Waals surface area contributed by atoms with Crippen molar-refractivity contribution in [2.45, 2.75) is 13.3 Å². The first kappa shape index (κ1) is 13.5. The van der Waals surface area contributed by atoms with Crippen LogP contribution in [0.5, 0.6) is 5.75 Å². The topological polar surface area (TPSA) is 24.5 Å². The molecule has 0 aromatic heterocycles. The second kappa shape index (κ2) is 5.81. The van der Waals surface area contributed by atoms with E-state index in [1.807, 2.05) is 19.1 Å². The summed E-state index contributed by atoms with van der Waals surface area (Å²) in [5.74, 6) is 1.60. The molecule has 4 heteroatoms. The number of benzene rings is 1. The zero-order chi connectivity index (χ0) is 13.1. The van der Waals surface area contributed by atoms with E-state index in [2.05, 4.69) is 17.3 Å². The van der Waals surface area contributed by atoms with Crippen LogP contribution in [-0.2, 0) is 0 Å². The highest BCUT2D eigenvalue weighted by Gasteiger charge is 2.18. The van der Waals surface area contributed by atoms with E-state index in [0.29, 0.717) is 5.92 Å². The van der Waals surface area contributed by atoms with Gasteiger partial charge in [0.1, 0.15) is 5.75 Å². The number of ether oxygens (including phenoxy) is 1. The normalized spacial score (nSPS) is 19.0. The van der Waals surface area contributed by atoms with Crippen LogP contribution in [0.3, 0.4) is 0 Å². The summed E-state index contributed by atoms with van der Waals surface area (Å²) in [6, 6.07) is 4.00. The van der Waals surface area contributed by atoms with Crippen LogP contribution in [0.15, 0.2) is 12.1 Å². The smallest absolute Gasteiger partial charge is 0.142 e. The number of hydrogen-bond donors (Lipinski definition) is 1. The lowest BCUT2D eigenvalue weighted by atomic mass is 10.1. The third-order valence-corrected chi connectivity index (χ3v) is 3.97. The van der Waals surface area contributed by atoms with E-state index in [9.17, 15) is 0 Å². The Labute approximate surface area is 114 Å². The summed E-state index contributed by atoms with van der Waals surface area (Å²) in [5, 5.41) is 4.19. The van der Waals surface area contributed by atoms with Crippen LogP contribution in [0.2, 0.25) is 5.02 Å². The molecule has 0 aliphatic carbocycles. The van der Waals surface area contributed by atoms with E-state index in [0.717, 1.165) is 41.7 Å². The fourth-order valence-electron chi connectivity index (χ4n) is 2.46. The molecule has 0 spiro atoms. The summed E-state index contributed by atoms with van der Waals surface area (Å²) in [7, 11) is 3.80. The molecule has 1 aliphatic heterocycles. The van der Waals surface area contributed by atoms with Gasteiger partial charge in [0.05, 0.1) is 12.8 Å². The minimum Gasteiger partial charge on any atom is -0.495 e. The highest BCUT2D eigenvalue weighted by Crippen LogP contribution is 2.33. The van der Waals surface area contributed by atoms with E-state index in [1.54, 1.807) is 7.11 Å². The van der Waals surface area contributed by atoms with Gasteiger partial charge in [-0.25, -0.2) is 0 Å². The predicted octanol–water partition coefficient (Wildman–Crippen LogP) is 2.70. The van der Waals surface area contributed by atoms with Gasteiger partial charge < -0.3 is 15.0 Å². The molecule has 0 bridgehead atoms. The zero-order valence-corrected chi connectivity index (χ0v) is 12.0. The van der Waals surface area contributed by atoms with Crippen LogP contribution in [-0.4, -0.2) is 33.8 Å². The van der Waals surface area contributed by atoms with E-state index >= 15 is 0 Å². The van der Waals surface area contributed by atoms with Crippen molar-refractivity contribution in [2.75, 3.05) is 38.7 Å². The van der Waals surface area contributed by atoms with Gasteiger partial charge in [-0.05, 0) is 50.0 Å². The molecule has 1 aliphatic rings. The average molecular weight is 269 g/mol. The van der Waals surface area contributed by atoms with Crippen LogP contribution >= 0.6 is 11.6 Å². The Morgan fingerprint density at radius 1 is 1.50 bits per heavy atom. The number of rotatable bonds is 4. The number of anilines is 1. The first-order valence-electron chi connectivity index (χ1n) is 6.37. The molecule has 1 aromatic carbocycles. The zero-order valence-electron chi connectivity index (χ0n) is 11.3. The molecule has 1 atom stereocenters. The molecule has 0 amide bonds. The van der Waals surface area contributed by atoms with Gasteiger partial charge in [-0.1, -0.05) is 11.6 Å². The van der Waals surface area contributed by atoms with Crippen molar-refractivity contribution in [3.05, 3.63) is 22.7 Å². The third-order valence-electron chi connectivity index (χ3n) is 3.57. The highest BCUT2D eigenvalue weighted by molar-refractivity contribution is 6.31. The molecule has 1 unspecified atom stereocenters. The van der Waals surface area contributed by atoms with Crippen molar-refractivity contribution in [3.8, 4) is 5.75 Å². The van der Waals surface area contributed by atoms with Crippen molar-refractivity contribution in [2.24, 2.45) is 5.92 Å². The fourth-order valence-corrected chi connectivity index (χ4v) is 2.62. The number of nitrogens with one attached hydrogen (secondary N) is 1. The molecule has 18 heavy (non-hydrogen) atoms. The van der Waals surface area contributed by atoms with Crippen LogP contribution in [0.4, 0.5) is 5.69 Å². The maximum absolute atomic E-state index is 6.21. The van der Waals surface area contributed by atoms with Crippen LogP contribution in [0, 0.1) is 12.8 Å². The Hall–Kier alpha value is -0.930. The molecule has 0 saturated carbocycles. The molecule has 2 rings (SSSR count). The van der Waals surface area contributed by atoms with Gasteiger partial charge in [0.25, 0.3) is 0 Å². The molecule has 1 heterocycles. The second-order valence-corrected chi connectivity index (χ2v) is 5.42. The largest absolute Gasteiger partial charge is 0.495 e. The Bertz CT molecular complexity index is 417. The lowest BCUT2D eigenvalue weighted by Gasteiger charge is -2.25. The maximum atomic E-state index is 6.21. The highest BCUT2D eigenvalue weighted by atomic mass is 35.5. The summed E-state index contributed by atoms with van der Waals surface area (Å²) in [6.45, 7) is 5.26. The Kier molecular flexibility index (Phi) is 4.36. The number of halogens is 1. The van der Waals surface area contributed by atoms with Crippen molar-refractivity contribution in [1.82, 2.24) is 5.32 Å². The Morgan fingerprint density at radius 3 is 2.89 bits per heavy atom. The Morgan fingerprint density at radius 2 is 2.28 bits per heavy atom. The number of nitrogens with zero attached hydrogens (tertiary/aromatic N) is 1. The number of aryl methyl sites for hydroxylation is 1. The summed E-state index contributed by atoms with van der Waals surface area (Å²) < 4.78 is 5.45. The van der Waals surface area contributed by atoms with Crippen molar-refractivity contribution < 1.29 is 4.74 Å². The number of hydrogen-bond acceptors (Lipinski definition) is 3. The minimum absolute atomic E-state index is 0.708. The fraction of sp³-hybridized carbons (Fsp3) is 0.571. The minimum atomic E-state index is 0.708. The lowest BCUT2D eigenvalue weighted by molar-refractivity contribution is 0.413. The molecule has 1 fully saturated rings. The standard InChI is InChI=1S/C14H21ClN2O/c1-10-6-14(18-3)13(7-12(10)15)17(2)9-11-4-5-16-8-11/h6-7,11,16H,4-5,8-9H2,1-3H3. The molecular formula is C14H21ClN2O. The predicted molar refractivity (Wildman–Crippen MR) is 77.0 cm³/mol. The quantitative estimate of drug-likeness (QED) is 0.909. The van der Waals surface area contributed by atoms with Gasteiger partial charge in [0, 0.05) is 18.6 Å². The summed E-state index contributed by atoms with van der Waals surface area (Å²) in [4.78, 5) is 2.24. The first-order chi connectivity index (χ1) is 8.61. The van der Waals surface area contributed by atoms with Gasteiger partial charge in [0.15, 0.2) is 0 Å². The summed E-state index contributed by atoms with van der Waals surface area (Å²) >= 11 is 6.21. The third kappa shape index (κ3) is 2.90. The van der Waals surface area contributed by atoms with E-state index in [4.69, 9.17) is 16.3 Å². The van der Waals surface area contributed by atoms with Crippen molar-refractivity contribution in [1.29, 1.82) is 0 Å². The molecular weight excluding hydrogens is 248 g/mol. The molecule has 100 valence electrons. The molecule has 1 aromatic rings. The van der Waals surface area contributed by atoms with Crippen molar-refractivity contribution >= 4 is 17.3 Å².